The molecule has 0 aromatic carbocycles. The van der Waals surface area contributed by atoms with Crippen LogP contribution in [0.4, 0.5) is 5.82 Å². The van der Waals surface area contributed by atoms with Crippen molar-refractivity contribution in [2.24, 2.45) is 14.1 Å². The Bertz CT molecular complexity index is 1080. The van der Waals surface area contributed by atoms with Gasteiger partial charge < -0.3 is 0 Å². The predicted octanol–water partition coefficient (Wildman–Crippen LogP) is 0.0537. The molecule has 0 radical (unpaired) electrons. The summed E-state index contributed by atoms with van der Waals surface area (Å²) in [6.07, 6.45) is 1.95. The number of hydrogen-bond donors (Lipinski definition) is 0. The second-order valence-corrected chi connectivity index (χ2v) is 6.13. The molecule has 0 fully saturated rings. The Balaban J connectivity index is 2.77. The fourth-order valence-corrected chi connectivity index (χ4v) is 3.02. The molecule has 23 heavy (non-hydrogen) atoms. The topological polar surface area (TPSA) is 64.2 Å². The molecule has 0 saturated carbocycles. The third-order valence-electron chi connectivity index (χ3n) is 4.08. The van der Waals surface area contributed by atoms with E-state index in [1.54, 1.807) is 7.05 Å². The number of hydrogen-bond acceptors (Lipinski definition) is 4. The first-order valence-electron chi connectivity index (χ1n) is 7.33. The summed E-state index contributed by atoms with van der Waals surface area (Å²) in [5.74, 6) is 0.716. The van der Waals surface area contributed by atoms with E-state index >= 15 is 0 Å². The number of aryl methyl sites for hydroxylation is 3. The zero-order valence-corrected chi connectivity index (χ0v) is 14.2. The summed E-state index contributed by atoms with van der Waals surface area (Å²) in [4.78, 5) is 31.4. The third kappa shape index (κ3) is 2.03. The molecule has 120 valence electrons. The van der Waals surface area contributed by atoms with Crippen LogP contribution < -0.4 is 20.5 Å². The predicted molar refractivity (Wildman–Crippen MR) is 89.2 cm³/mol. The van der Waals surface area contributed by atoms with Crippen molar-refractivity contribution >= 4 is 22.5 Å². The zero-order chi connectivity index (χ0) is 17.0. The highest BCUT2D eigenvalue weighted by molar-refractivity contribution is 5.85. The Morgan fingerprint density at radius 2 is 1.78 bits per heavy atom. The Morgan fingerprint density at radius 3 is 2.39 bits per heavy atom. The van der Waals surface area contributed by atoms with Crippen LogP contribution in [-0.2, 0) is 14.1 Å². The van der Waals surface area contributed by atoms with Crippen molar-refractivity contribution in [3.63, 3.8) is 0 Å². The number of fused-ring (bicyclic) bond motifs is 2. The molecule has 3 heterocycles. The maximum atomic E-state index is 12.7. The number of rotatable bonds is 1. The third-order valence-corrected chi connectivity index (χ3v) is 4.08. The van der Waals surface area contributed by atoms with Crippen LogP contribution in [0.15, 0.2) is 21.9 Å². The van der Waals surface area contributed by atoms with Crippen molar-refractivity contribution < 1.29 is 4.40 Å². The Labute approximate surface area is 133 Å². The SMILES string of the molecule is Cc1cc(C)c2nc3c(c(N(C)C)[n+]2c1)c(=O)n(C)c(=O)n3C. The van der Waals surface area contributed by atoms with E-state index < -0.39 is 0 Å². The smallest absolute Gasteiger partial charge is 0.297 e. The van der Waals surface area contributed by atoms with E-state index in [0.29, 0.717) is 16.9 Å². The van der Waals surface area contributed by atoms with Gasteiger partial charge in [-0.05, 0) is 25.5 Å². The normalized spacial score (nSPS) is 11.4. The first-order chi connectivity index (χ1) is 10.7. The maximum Gasteiger partial charge on any atom is 0.333 e. The van der Waals surface area contributed by atoms with Crippen molar-refractivity contribution in [1.82, 2.24) is 14.1 Å². The van der Waals surface area contributed by atoms with Crippen LogP contribution in [0.25, 0.3) is 16.7 Å². The standard InChI is InChI=1S/C16H20N5O2/c1-9-7-10(2)12-17-13-11(14(18(3)4)21(12)8-9)15(22)20(6)16(23)19(13)5/h7-8H,1-6H3/q+1. The summed E-state index contributed by atoms with van der Waals surface area (Å²) < 4.78 is 4.45. The van der Waals surface area contributed by atoms with E-state index in [-0.39, 0.29) is 11.2 Å². The molecular formula is C16H20N5O2+. The lowest BCUT2D eigenvalue weighted by Gasteiger charge is -2.14. The molecule has 0 spiro atoms. The van der Waals surface area contributed by atoms with Gasteiger partial charge in [-0.25, -0.2) is 9.20 Å². The van der Waals surface area contributed by atoms with Crippen molar-refractivity contribution in [1.29, 1.82) is 0 Å². The summed E-state index contributed by atoms with van der Waals surface area (Å²) in [5.41, 5.74) is 2.47. The van der Waals surface area contributed by atoms with Gasteiger partial charge in [-0.15, -0.1) is 0 Å². The summed E-state index contributed by atoms with van der Waals surface area (Å²) in [6, 6.07) is 2.03. The first kappa shape index (κ1) is 15.2. The molecule has 0 aliphatic carbocycles. The first-order valence-corrected chi connectivity index (χ1v) is 7.33. The van der Waals surface area contributed by atoms with Crippen molar-refractivity contribution in [3.8, 4) is 0 Å². The van der Waals surface area contributed by atoms with Crippen molar-refractivity contribution in [2.75, 3.05) is 19.0 Å². The molecule has 0 N–H and O–H groups in total. The molecule has 0 bridgehead atoms. The van der Waals surface area contributed by atoms with Gasteiger partial charge in [0.2, 0.25) is 11.5 Å². The summed E-state index contributed by atoms with van der Waals surface area (Å²) in [5, 5.41) is 0.433. The molecule has 3 aromatic heterocycles. The van der Waals surface area contributed by atoms with Crippen LogP contribution >= 0.6 is 0 Å². The average molecular weight is 314 g/mol. The van der Waals surface area contributed by atoms with E-state index in [1.165, 1.54) is 11.6 Å². The molecule has 3 rings (SSSR count). The largest absolute Gasteiger partial charge is 0.333 e. The number of nitrogens with zero attached hydrogens (tertiary/aromatic N) is 5. The van der Waals surface area contributed by atoms with Gasteiger partial charge in [0.05, 0.1) is 20.3 Å². The van der Waals surface area contributed by atoms with E-state index in [2.05, 4.69) is 4.98 Å². The van der Waals surface area contributed by atoms with Gasteiger partial charge in [0.1, 0.15) is 0 Å². The van der Waals surface area contributed by atoms with Gasteiger partial charge in [0.25, 0.3) is 11.2 Å². The fraction of sp³-hybridized carbons (Fsp3) is 0.375. The Morgan fingerprint density at radius 1 is 1.13 bits per heavy atom. The maximum absolute atomic E-state index is 12.7. The highest BCUT2D eigenvalue weighted by Crippen LogP contribution is 2.18. The number of anilines is 1. The molecule has 0 saturated heterocycles. The summed E-state index contributed by atoms with van der Waals surface area (Å²) >= 11 is 0. The second kappa shape index (κ2) is 4.91. The molecule has 3 aromatic rings. The molecule has 0 atom stereocenters. The van der Waals surface area contributed by atoms with E-state index in [0.717, 1.165) is 21.3 Å². The highest BCUT2D eigenvalue weighted by Gasteiger charge is 2.25. The van der Waals surface area contributed by atoms with Crippen LogP contribution in [0, 0.1) is 13.8 Å². The van der Waals surface area contributed by atoms with Crippen LogP contribution in [0.5, 0.6) is 0 Å². The molecule has 0 aliphatic heterocycles. The quantitative estimate of drug-likeness (QED) is 0.470. The minimum Gasteiger partial charge on any atom is -0.297 e. The van der Waals surface area contributed by atoms with E-state index in [4.69, 9.17) is 0 Å². The van der Waals surface area contributed by atoms with Gasteiger partial charge in [0, 0.05) is 19.7 Å². The lowest BCUT2D eigenvalue weighted by molar-refractivity contribution is -0.500. The molecule has 7 heteroatoms. The molecule has 0 unspecified atom stereocenters. The molecule has 7 nitrogen and oxygen atoms in total. The van der Waals surface area contributed by atoms with Crippen LogP contribution in [0.3, 0.4) is 0 Å². The minimum absolute atomic E-state index is 0.340. The molecule has 0 amide bonds. The van der Waals surface area contributed by atoms with Crippen LogP contribution in [0.1, 0.15) is 11.1 Å². The van der Waals surface area contributed by atoms with Crippen LogP contribution in [-0.4, -0.2) is 28.2 Å². The molecule has 0 aliphatic rings. The van der Waals surface area contributed by atoms with Crippen molar-refractivity contribution in [3.05, 3.63) is 44.2 Å². The van der Waals surface area contributed by atoms with Gasteiger partial charge in [-0.2, -0.15) is 0 Å². The Hall–Kier alpha value is -2.70. The fourth-order valence-electron chi connectivity index (χ4n) is 3.02. The number of aromatic nitrogens is 4. The van der Waals surface area contributed by atoms with Crippen LogP contribution in [0.2, 0.25) is 0 Å². The average Bonchev–Trinajstić information content (AvgIpc) is 2.48. The van der Waals surface area contributed by atoms with Gasteiger partial charge in [-0.1, -0.05) is 4.98 Å². The van der Waals surface area contributed by atoms with Gasteiger partial charge >= 0.3 is 5.69 Å². The summed E-state index contributed by atoms with van der Waals surface area (Å²) in [6.45, 7) is 3.97. The minimum atomic E-state index is -0.381. The van der Waals surface area contributed by atoms with Gasteiger partial charge in [-0.3, -0.25) is 18.8 Å². The lowest BCUT2D eigenvalue weighted by Crippen LogP contribution is -2.41. The lowest BCUT2D eigenvalue weighted by atomic mass is 10.2. The number of pyridine rings is 1. The second-order valence-electron chi connectivity index (χ2n) is 6.13. The zero-order valence-electron chi connectivity index (χ0n) is 14.2. The molecular weight excluding hydrogens is 294 g/mol. The monoisotopic (exact) mass is 314 g/mol. The van der Waals surface area contributed by atoms with E-state index in [1.807, 2.05) is 49.5 Å². The highest BCUT2D eigenvalue weighted by atomic mass is 16.2. The van der Waals surface area contributed by atoms with E-state index in [9.17, 15) is 9.59 Å². The van der Waals surface area contributed by atoms with Crippen molar-refractivity contribution in [2.45, 2.75) is 13.8 Å². The summed E-state index contributed by atoms with van der Waals surface area (Å²) in [7, 11) is 6.88. The van der Waals surface area contributed by atoms with Gasteiger partial charge in [0.15, 0.2) is 5.39 Å². The Kier molecular flexibility index (Phi) is 3.24.